The third-order valence-corrected chi connectivity index (χ3v) is 8.22. The average molecular weight is 528 g/mol. The van der Waals surface area contributed by atoms with Crippen LogP contribution in [0.3, 0.4) is 0 Å². The lowest BCUT2D eigenvalue weighted by Gasteiger charge is -2.26. The Morgan fingerprint density at radius 1 is 1.00 bits per heavy atom. The molecular weight excluding hydrogens is 498 g/mol. The number of ether oxygens (including phenoxy) is 1. The molecule has 0 radical (unpaired) electrons. The van der Waals surface area contributed by atoms with E-state index < -0.39 is 22.5 Å². The van der Waals surface area contributed by atoms with Gasteiger partial charge in [0.05, 0.1) is 17.7 Å². The summed E-state index contributed by atoms with van der Waals surface area (Å²) in [4.78, 5) is 15.6. The highest BCUT2D eigenvalue weighted by atomic mass is 35.5. The zero-order valence-electron chi connectivity index (χ0n) is 20.2. The lowest BCUT2D eigenvalue weighted by Crippen LogP contribution is -2.41. The van der Waals surface area contributed by atoms with Crippen molar-refractivity contribution in [2.75, 3.05) is 31.0 Å². The van der Waals surface area contributed by atoms with E-state index >= 15 is 0 Å². The maximum Gasteiger partial charge on any atom is 0.264 e. The molecule has 1 heterocycles. The predicted molar refractivity (Wildman–Crippen MR) is 142 cm³/mol. The van der Waals surface area contributed by atoms with Gasteiger partial charge in [-0.25, -0.2) is 8.42 Å². The monoisotopic (exact) mass is 527 g/mol. The zero-order valence-corrected chi connectivity index (χ0v) is 21.8. The molecule has 1 amide bonds. The molecular formula is C27H30ClN3O4S. The average Bonchev–Trinajstić information content (AvgIpc) is 3.40. The van der Waals surface area contributed by atoms with Crippen molar-refractivity contribution in [1.29, 1.82) is 0 Å². The van der Waals surface area contributed by atoms with E-state index in [1.165, 1.54) is 38.2 Å². The fraction of sp³-hybridized carbons (Fsp3) is 0.296. The van der Waals surface area contributed by atoms with Gasteiger partial charge >= 0.3 is 0 Å². The van der Waals surface area contributed by atoms with Crippen LogP contribution in [0.5, 0.6) is 5.75 Å². The van der Waals surface area contributed by atoms with Gasteiger partial charge in [-0.05, 0) is 67.4 Å². The van der Waals surface area contributed by atoms with Crippen LogP contribution in [0.25, 0.3) is 0 Å². The molecule has 1 fully saturated rings. The molecule has 0 bridgehead atoms. The number of hydrogen-bond acceptors (Lipinski definition) is 5. The molecule has 0 saturated carbocycles. The summed E-state index contributed by atoms with van der Waals surface area (Å²) >= 11 is 6.20. The SMILES string of the molecule is COc1ccc(Cl)cc1N(CC(=O)NCc1ccccc1CN1CCCC1)S(=O)(=O)c1ccccc1. The molecule has 1 saturated heterocycles. The number of nitrogens with one attached hydrogen (secondary N) is 1. The lowest BCUT2D eigenvalue weighted by molar-refractivity contribution is -0.119. The number of likely N-dealkylation sites (tertiary alicyclic amines) is 1. The molecule has 0 unspecified atom stereocenters. The summed E-state index contributed by atoms with van der Waals surface area (Å²) in [5.41, 5.74) is 2.36. The minimum absolute atomic E-state index is 0.0655. The molecule has 3 aromatic carbocycles. The van der Waals surface area contributed by atoms with E-state index in [4.69, 9.17) is 16.3 Å². The normalized spacial score (nSPS) is 13.9. The predicted octanol–water partition coefficient (Wildman–Crippen LogP) is 4.46. The largest absolute Gasteiger partial charge is 0.495 e. The smallest absolute Gasteiger partial charge is 0.264 e. The molecule has 190 valence electrons. The first-order chi connectivity index (χ1) is 17.4. The van der Waals surface area contributed by atoms with Crippen molar-refractivity contribution in [2.24, 2.45) is 0 Å². The minimum Gasteiger partial charge on any atom is -0.495 e. The van der Waals surface area contributed by atoms with Gasteiger partial charge in [0.2, 0.25) is 5.91 Å². The summed E-state index contributed by atoms with van der Waals surface area (Å²) in [6.07, 6.45) is 2.41. The van der Waals surface area contributed by atoms with E-state index in [0.29, 0.717) is 17.3 Å². The molecule has 9 heteroatoms. The van der Waals surface area contributed by atoms with Crippen molar-refractivity contribution < 1.29 is 17.9 Å². The number of amides is 1. The Morgan fingerprint density at radius 3 is 2.36 bits per heavy atom. The van der Waals surface area contributed by atoms with E-state index in [0.717, 1.165) is 35.1 Å². The van der Waals surface area contributed by atoms with Crippen LogP contribution in [0.15, 0.2) is 77.7 Å². The number of carbonyl (C=O) groups is 1. The van der Waals surface area contributed by atoms with Crippen LogP contribution in [0.1, 0.15) is 24.0 Å². The summed E-state index contributed by atoms with van der Waals surface area (Å²) in [7, 11) is -2.64. The first-order valence-electron chi connectivity index (χ1n) is 11.9. The number of halogens is 1. The second-order valence-electron chi connectivity index (χ2n) is 8.67. The van der Waals surface area contributed by atoms with Gasteiger partial charge in [-0.2, -0.15) is 0 Å². The molecule has 0 aliphatic carbocycles. The number of rotatable bonds is 10. The molecule has 1 aliphatic heterocycles. The van der Waals surface area contributed by atoms with Crippen molar-refractivity contribution >= 4 is 33.2 Å². The van der Waals surface area contributed by atoms with Gasteiger partial charge in [-0.15, -0.1) is 0 Å². The summed E-state index contributed by atoms with van der Waals surface area (Å²) in [6, 6.07) is 20.7. The number of anilines is 1. The van der Waals surface area contributed by atoms with E-state index in [2.05, 4.69) is 16.3 Å². The first kappa shape index (κ1) is 26.0. The standard InChI is InChI=1S/C27H30ClN3O4S/c1-35-26-14-13-23(28)17-25(26)31(36(33,34)24-11-3-2-4-12-24)20-27(32)29-18-21-9-5-6-10-22(21)19-30-15-7-8-16-30/h2-6,9-14,17H,7-8,15-16,18-20H2,1H3,(H,29,32). The summed E-state index contributed by atoms with van der Waals surface area (Å²) < 4.78 is 33.7. The Morgan fingerprint density at radius 2 is 1.67 bits per heavy atom. The third kappa shape index (κ3) is 6.19. The fourth-order valence-electron chi connectivity index (χ4n) is 4.32. The quantitative estimate of drug-likeness (QED) is 0.421. The topological polar surface area (TPSA) is 79.0 Å². The van der Waals surface area contributed by atoms with Gasteiger partial charge in [0, 0.05) is 18.1 Å². The second-order valence-corrected chi connectivity index (χ2v) is 11.0. The maximum atomic E-state index is 13.6. The molecule has 1 N–H and O–H groups in total. The van der Waals surface area contributed by atoms with Crippen LogP contribution in [0.4, 0.5) is 5.69 Å². The van der Waals surface area contributed by atoms with Crippen molar-refractivity contribution in [1.82, 2.24) is 10.2 Å². The lowest BCUT2D eigenvalue weighted by atomic mass is 10.1. The number of carbonyl (C=O) groups excluding carboxylic acids is 1. The molecule has 4 rings (SSSR count). The van der Waals surface area contributed by atoms with Gasteiger partial charge in [0.1, 0.15) is 12.3 Å². The van der Waals surface area contributed by atoms with Crippen LogP contribution in [-0.4, -0.2) is 46.0 Å². The molecule has 36 heavy (non-hydrogen) atoms. The van der Waals surface area contributed by atoms with Crippen molar-refractivity contribution in [3.63, 3.8) is 0 Å². The van der Waals surface area contributed by atoms with Crippen LogP contribution in [0, 0.1) is 0 Å². The molecule has 0 aromatic heterocycles. The van der Waals surface area contributed by atoms with Gasteiger partial charge in [-0.1, -0.05) is 54.1 Å². The van der Waals surface area contributed by atoms with Gasteiger partial charge in [-0.3, -0.25) is 14.0 Å². The molecule has 1 aliphatic rings. The summed E-state index contributed by atoms with van der Waals surface area (Å²) in [6.45, 7) is 2.86. The first-order valence-corrected chi connectivity index (χ1v) is 13.7. The fourth-order valence-corrected chi connectivity index (χ4v) is 5.93. The summed E-state index contributed by atoms with van der Waals surface area (Å²) in [5, 5.41) is 3.23. The third-order valence-electron chi connectivity index (χ3n) is 6.22. The van der Waals surface area contributed by atoms with Crippen molar-refractivity contribution in [3.8, 4) is 5.75 Å². The molecule has 7 nitrogen and oxygen atoms in total. The van der Waals surface area contributed by atoms with Crippen LogP contribution < -0.4 is 14.4 Å². The van der Waals surface area contributed by atoms with Crippen LogP contribution >= 0.6 is 11.6 Å². The van der Waals surface area contributed by atoms with Gasteiger partial charge in [0.25, 0.3) is 10.0 Å². The molecule has 3 aromatic rings. The number of methoxy groups -OCH3 is 1. The minimum atomic E-state index is -4.08. The molecule has 0 spiro atoms. The van der Waals surface area contributed by atoms with Gasteiger partial charge in [0.15, 0.2) is 0 Å². The Bertz CT molecular complexity index is 1300. The van der Waals surface area contributed by atoms with E-state index in [1.807, 2.05) is 18.2 Å². The highest BCUT2D eigenvalue weighted by molar-refractivity contribution is 7.92. The van der Waals surface area contributed by atoms with Crippen molar-refractivity contribution in [2.45, 2.75) is 30.8 Å². The zero-order chi connectivity index (χ0) is 25.5. The Labute approximate surface area is 217 Å². The van der Waals surface area contributed by atoms with Crippen LogP contribution in [0.2, 0.25) is 5.02 Å². The maximum absolute atomic E-state index is 13.6. The van der Waals surface area contributed by atoms with E-state index in [1.54, 1.807) is 30.3 Å². The van der Waals surface area contributed by atoms with E-state index in [-0.39, 0.29) is 10.6 Å². The highest BCUT2D eigenvalue weighted by Gasteiger charge is 2.29. The van der Waals surface area contributed by atoms with Crippen LogP contribution in [-0.2, 0) is 27.9 Å². The van der Waals surface area contributed by atoms with Gasteiger partial charge < -0.3 is 10.1 Å². The Hall–Kier alpha value is -3.07. The van der Waals surface area contributed by atoms with E-state index in [9.17, 15) is 13.2 Å². The Kier molecular flexibility index (Phi) is 8.51. The highest BCUT2D eigenvalue weighted by Crippen LogP contribution is 2.34. The molecule has 0 atom stereocenters. The van der Waals surface area contributed by atoms with Crippen molar-refractivity contribution in [3.05, 3.63) is 88.9 Å². The summed E-state index contributed by atoms with van der Waals surface area (Å²) in [5.74, 6) is -0.143. The second kappa shape index (κ2) is 11.8. The number of nitrogens with zero attached hydrogens (tertiary/aromatic N) is 2. The Balaban J connectivity index is 1.56. The number of hydrogen-bond donors (Lipinski definition) is 1. The number of sulfonamides is 1. The number of benzene rings is 3.